The van der Waals surface area contributed by atoms with Gasteiger partial charge in [0.1, 0.15) is 0 Å². The van der Waals surface area contributed by atoms with Gasteiger partial charge in [-0.2, -0.15) is 5.10 Å². The molecule has 0 unspecified atom stereocenters. The second-order valence-corrected chi connectivity index (χ2v) is 8.20. The predicted molar refractivity (Wildman–Crippen MR) is 95.1 cm³/mol. The number of nitrogens with zero attached hydrogens (tertiary/aromatic N) is 3. The molecule has 3 fully saturated rings. The molecule has 1 atom stereocenters. The molecular weight excluding hydrogens is 316 g/mol. The maximum Gasteiger partial charge on any atom is 0.222 e. The molecule has 0 aromatic carbocycles. The Hall–Kier alpha value is -1.40. The van der Waals surface area contributed by atoms with E-state index in [-0.39, 0.29) is 0 Å². The van der Waals surface area contributed by atoms with E-state index in [1.807, 2.05) is 12.4 Å². The van der Waals surface area contributed by atoms with Gasteiger partial charge in [0, 0.05) is 38.9 Å². The topological polar surface area (TPSA) is 61.5 Å². The molecule has 0 radical (unpaired) electrons. The van der Waals surface area contributed by atoms with Crippen molar-refractivity contribution < 1.29 is 9.53 Å². The summed E-state index contributed by atoms with van der Waals surface area (Å²) >= 11 is 0. The van der Waals surface area contributed by atoms with Crippen molar-refractivity contribution in [3.8, 4) is 0 Å². The summed E-state index contributed by atoms with van der Waals surface area (Å²) in [6, 6.07) is 0. The number of ether oxygens (including phenoxy) is 1. The minimum Gasteiger partial charge on any atom is -0.381 e. The molecule has 1 spiro atoms. The van der Waals surface area contributed by atoms with Gasteiger partial charge in [0.2, 0.25) is 5.91 Å². The van der Waals surface area contributed by atoms with Gasteiger partial charge in [-0.25, -0.2) is 0 Å². The molecule has 1 amide bonds. The van der Waals surface area contributed by atoms with Crippen LogP contribution in [0.25, 0.3) is 0 Å². The van der Waals surface area contributed by atoms with Crippen molar-refractivity contribution in [2.45, 2.75) is 38.5 Å². The van der Waals surface area contributed by atoms with Crippen molar-refractivity contribution in [2.24, 2.45) is 11.3 Å². The standard InChI is InChI=1S/C19H30N4O2/c24-18-1-4-19(15-23(18)7-2-16-11-20-21-12-16)5-8-22(9-6-19)13-17-3-10-25-14-17/h11-12,17H,1-10,13-15H2,(H,20,21)/t17-/m0/s1. The van der Waals surface area contributed by atoms with E-state index in [2.05, 4.69) is 20.0 Å². The van der Waals surface area contributed by atoms with E-state index in [0.717, 1.165) is 51.5 Å². The number of aromatic amines is 1. The third-order valence-electron chi connectivity index (χ3n) is 6.43. The number of hydrogen-bond acceptors (Lipinski definition) is 4. The number of aromatic nitrogens is 2. The molecule has 6 nitrogen and oxygen atoms in total. The van der Waals surface area contributed by atoms with Gasteiger partial charge in [0.15, 0.2) is 0 Å². The van der Waals surface area contributed by atoms with Crippen molar-refractivity contribution in [3.63, 3.8) is 0 Å². The maximum absolute atomic E-state index is 12.4. The van der Waals surface area contributed by atoms with Crippen molar-refractivity contribution in [1.82, 2.24) is 20.0 Å². The molecule has 4 rings (SSSR count). The average molecular weight is 346 g/mol. The number of carbonyl (C=O) groups is 1. The van der Waals surface area contributed by atoms with Crippen LogP contribution in [0.1, 0.15) is 37.7 Å². The third kappa shape index (κ3) is 4.06. The summed E-state index contributed by atoms with van der Waals surface area (Å²) in [5.41, 5.74) is 1.54. The second kappa shape index (κ2) is 7.46. The fourth-order valence-electron chi connectivity index (χ4n) is 4.70. The van der Waals surface area contributed by atoms with Crippen LogP contribution < -0.4 is 0 Å². The number of carbonyl (C=O) groups excluding carboxylic acids is 1. The Kier molecular flexibility index (Phi) is 5.08. The van der Waals surface area contributed by atoms with E-state index in [0.29, 0.717) is 11.3 Å². The highest BCUT2D eigenvalue weighted by Crippen LogP contribution is 2.40. The number of likely N-dealkylation sites (tertiary alicyclic amines) is 2. The summed E-state index contributed by atoms with van der Waals surface area (Å²) in [5, 5.41) is 6.85. The van der Waals surface area contributed by atoms with Crippen LogP contribution in [-0.4, -0.2) is 71.8 Å². The number of piperidine rings is 2. The molecule has 6 heteroatoms. The van der Waals surface area contributed by atoms with Crippen LogP contribution in [0, 0.1) is 11.3 Å². The molecule has 25 heavy (non-hydrogen) atoms. The normalized spacial score (nSPS) is 27.3. The van der Waals surface area contributed by atoms with E-state index in [1.54, 1.807) is 0 Å². The van der Waals surface area contributed by atoms with Gasteiger partial charge >= 0.3 is 0 Å². The Balaban J connectivity index is 1.29. The zero-order valence-electron chi connectivity index (χ0n) is 15.1. The first-order valence-electron chi connectivity index (χ1n) is 9.78. The van der Waals surface area contributed by atoms with E-state index in [4.69, 9.17) is 4.74 Å². The fourth-order valence-corrected chi connectivity index (χ4v) is 4.70. The van der Waals surface area contributed by atoms with Gasteiger partial charge in [-0.1, -0.05) is 0 Å². The number of H-pyrrole nitrogens is 1. The summed E-state index contributed by atoms with van der Waals surface area (Å²) in [6.07, 6.45) is 10.2. The van der Waals surface area contributed by atoms with Gasteiger partial charge in [0.05, 0.1) is 12.8 Å². The molecule has 138 valence electrons. The van der Waals surface area contributed by atoms with Gasteiger partial charge < -0.3 is 14.5 Å². The van der Waals surface area contributed by atoms with Crippen molar-refractivity contribution in [2.75, 3.05) is 45.9 Å². The molecule has 3 saturated heterocycles. The Morgan fingerprint density at radius 2 is 2.20 bits per heavy atom. The predicted octanol–water partition coefficient (Wildman–Crippen LogP) is 1.69. The minimum atomic E-state index is 0.333. The van der Waals surface area contributed by atoms with Crippen LogP contribution in [0.5, 0.6) is 0 Å². The third-order valence-corrected chi connectivity index (χ3v) is 6.43. The van der Waals surface area contributed by atoms with Crippen molar-refractivity contribution in [3.05, 3.63) is 18.0 Å². The Morgan fingerprint density at radius 3 is 2.92 bits per heavy atom. The summed E-state index contributed by atoms with van der Waals surface area (Å²) in [5.74, 6) is 1.06. The zero-order valence-corrected chi connectivity index (χ0v) is 15.1. The zero-order chi connectivity index (χ0) is 17.1. The van der Waals surface area contributed by atoms with Gasteiger partial charge in [-0.3, -0.25) is 9.89 Å². The van der Waals surface area contributed by atoms with Gasteiger partial charge in [0.25, 0.3) is 0 Å². The SMILES string of the molecule is O=C1CCC2(CCN(C[C@@H]3CCOC3)CC2)CN1CCc1cn[nH]c1. The van der Waals surface area contributed by atoms with E-state index in [1.165, 1.54) is 44.5 Å². The molecule has 4 heterocycles. The first-order chi connectivity index (χ1) is 12.2. The highest BCUT2D eigenvalue weighted by Gasteiger charge is 2.41. The molecule has 3 aliphatic heterocycles. The van der Waals surface area contributed by atoms with Gasteiger partial charge in [-0.15, -0.1) is 0 Å². The van der Waals surface area contributed by atoms with E-state index in [9.17, 15) is 4.79 Å². The van der Waals surface area contributed by atoms with Crippen LogP contribution in [0.15, 0.2) is 12.4 Å². The summed E-state index contributed by atoms with van der Waals surface area (Å²) in [6.45, 7) is 7.21. The number of rotatable bonds is 5. The lowest BCUT2D eigenvalue weighted by molar-refractivity contribution is -0.139. The monoisotopic (exact) mass is 346 g/mol. The first kappa shape index (κ1) is 17.0. The van der Waals surface area contributed by atoms with E-state index >= 15 is 0 Å². The maximum atomic E-state index is 12.4. The minimum absolute atomic E-state index is 0.333. The van der Waals surface area contributed by atoms with Crippen molar-refractivity contribution in [1.29, 1.82) is 0 Å². The quantitative estimate of drug-likeness (QED) is 0.881. The molecule has 0 saturated carbocycles. The first-order valence-corrected chi connectivity index (χ1v) is 9.78. The number of amides is 1. The van der Waals surface area contributed by atoms with Crippen LogP contribution in [-0.2, 0) is 16.0 Å². The van der Waals surface area contributed by atoms with Crippen LogP contribution in [0.2, 0.25) is 0 Å². The number of hydrogen-bond donors (Lipinski definition) is 1. The molecule has 3 aliphatic rings. The van der Waals surface area contributed by atoms with Crippen molar-refractivity contribution >= 4 is 5.91 Å². The van der Waals surface area contributed by atoms with Crippen LogP contribution in [0.3, 0.4) is 0 Å². The molecule has 0 bridgehead atoms. The summed E-state index contributed by atoms with van der Waals surface area (Å²) in [4.78, 5) is 17.1. The Morgan fingerprint density at radius 1 is 1.32 bits per heavy atom. The highest BCUT2D eigenvalue weighted by molar-refractivity contribution is 5.77. The second-order valence-electron chi connectivity index (χ2n) is 8.20. The molecule has 0 aliphatic carbocycles. The average Bonchev–Trinajstić information content (AvgIpc) is 3.32. The smallest absolute Gasteiger partial charge is 0.222 e. The molecular formula is C19H30N4O2. The highest BCUT2D eigenvalue weighted by atomic mass is 16.5. The lowest BCUT2D eigenvalue weighted by Gasteiger charge is -2.47. The Labute approximate surface area is 149 Å². The lowest BCUT2D eigenvalue weighted by Crippen LogP contribution is -2.52. The summed E-state index contributed by atoms with van der Waals surface area (Å²) < 4.78 is 5.51. The Bertz CT molecular complexity index is 560. The fraction of sp³-hybridized carbons (Fsp3) is 0.789. The molecule has 1 N–H and O–H groups in total. The lowest BCUT2D eigenvalue weighted by atomic mass is 9.72. The van der Waals surface area contributed by atoms with Gasteiger partial charge in [-0.05, 0) is 62.1 Å². The van der Waals surface area contributed by atoms with Crippen LogP contribution in [0.4, 0.5) is 0 Å². The van der Waals surface area contributed by atoms with Crippen LogP contribution >= 0.6 is 0 Å². The summed E-state index contributed by atoms with van der Waals surface area (Å²) in [7, 11) is 0. The molecule has 1 aromatic rings. The largest absolute Gasteiger partial charge is 0.381 e. The molecule has 1 aromatic heterocycles. The number of nitrogens with one attached hydrogen (secondary N) is 1. The van der Waals surface area contributed by atoms with E-state index < -0.39 is 0 Å².